The van der Waals surface area contributed by atoms with Crippen molar-refractivity contribution in [1.82, 2.24) is 15.8 Å². The van der Waals surface area contributed by atoms with Gasteiger partial charge in [-0.25, -0.2) is 9.78 Å². The lowest BCUT2D eigenvalue weighted by Crippen LogP contribution is -2.43. The molecule has 0 atom stereocenters. The maximum Gasteiger partial charge on any atom is 0.350 e. The first kappa shape index (κ1) is 18.3. The van der Waals surface area contributed by atoms with E-state index in [1.165, 1.54) is 23.7 Å². The number of aromatic nitrogens is 1. The molecule has 2 aromatic heterocycles. The van der Waals surface area contributed by atoms with E-state index in [0.717, 1.165) is 5.56 Å². The molecule has 27 heavy (non-hydrogen) atoms. The Hall–Kier alpha value is -3.46. The Morgan fingerprint density at radius 1 is 1.11 bits per heavy atom. The summed E-state index contributed by atoms with van der Waals surface area (Å²) in [7, 11) is 0. The number of carbonyl (C=O) groups is 3. The van der Waals surface area contributed by atoms with Gasteiger partial charge in [0.05, 0.1) is 12.0 Å². The van der Waals surface area contributed by atoms with Crippen LogP contribution in [0.4, 0.5) is 0 Å². The van der Waals surface area contributed by atoms with Crippen molar-refractivity contribution < 1.29 is 23.5 Å². The Kier molecular flexibility index (Phi) is 5.62. The largest absolute Gasteiger partial charge is 0.459 e. The number of carbonyl (C=O) groups excluding carboxylic acids is 3. The van der Waals surface area contributed by atoms with Gasteiger partial charge in [0.25, 0.3) is 5.91 Å². The minimum atomic E-state index is -0.686. The summed E-state index contributed by atoms with van der Waals surface area (Å²) in [4.78, 5) is 40.2. The second-order valence-corrected chi connectivity index (χ2v) is 6.35. The number of nitrogens with one attached hydrogen (secondary N) is 2. The first-order valence-corrected chi connectivity index (χ1v) is 8.69. The molecule has 0 aliphatic heterocycles. The zero-order chi connectivity index (χ0) is 19.2. The molecule has 0 bridgehead atoms. The summed E-state index contributed by atoms with van der Waals surface area (Å²) in [6.07, 6.45) is 1.33. The number of esters is 1. The molecule has 0 saturated carbocycles. The lowest BCUT2D eigenvalue weighted by molar-refractivity contribution is -0.125. The van der Waals surface area contributed by atoms with E-state index in [9.17, 15) is 14.4 Å². The molecule has 0 fully saturated rings. The standard InChI is InChI=1S/C18H15N3O5S/c1-11-15(27-17(19-11)12-6-3-2-4-7-12)18(24)26-10-14(22)20-21-16(23)13-8-5-9-25-13/h2-9H,10H2,1H3,(H,20,22)(H,21,23). The zero-order valence-electron chi connectivity index (χ0n) is 14.2. The van der Waals surface area contributed by atoms with Crippen molar-refractivity contribution in [2.45, 2.75) is 6.92 Å². The normalized spacial score (nSPS) is 10.3. The third-order valence-corrected chi connectivity index (χ3v) is 4.58. The second kappa shape index (κ2) is 8.28. The summed E-state index contributed by atoms with van der Waals surface area (Å²) in [5, 5.41) is 0.690. The maximum atomic E-state index is 12.2. The topological polar surface area (TPSA) is 111 Å². The molecule has 0 saturated heterocycles. The molecule has 3 aromatic rings. The Morgan fingerprint density at radius 3 is 2.59 bits per heavy atom. The van der Waals surface area contributed by atoms with Crippen LogP contribution in [0, 0.1) is 6.92 Å². The average Bonchev–Trinajstić information content (AvgIpc) is 3.35. The zero-order valence-corrected chi connectivity index (χ0v) is 15.0. The first-order chi connectivity index (χ1) is 13.0. The third kappa shape index (κ3) is 4.59. The number of furan rings is 1. The van der Waals surface area contributed by atoms with Gasteiger partial charge in [-0.1, -0.05) is 30.3 Å². The van der Waals surface area contributed by atoms with Gasteiger partial charge in [0.15, 0.2) is 12.4 Å². The van der Waals surface area contributed by atoms with Crippen molar-refractivity contribution in [3.8, 4) is 10.6 Å². The monoisotopic (exact) mass is 385 g/mol. The van der Waals surface area contributed by atoms with Crippen LogP contribution in [0.1, 0.15) is 25.9 Å². The molecule has 0 aliphatic rings. The average molecular weight is 385 g/mol. The van der Waals surface area contributed by atoms with Crippen molar-refractivity contribution in [2.24, 2.45) is 0 Å². The van der Waals surface area contributed by atoms with Crippen LogP contribution < -0.4 is 10.9 Å². The minimum absolute atomic E-state index is 0.0426. The Balaban J connectivity index is 1.52. The van der Waals surface area contributed by atoms with Crippen molar-refractivity contribution >= 4 is 29.1 Å². The summed E-state index contributed by atoms with van der Waals surface area (Å²) in [6, 6.07) is 12.4. The van der Waals surface area contributed by atoms with Crippen LogP contribution in [0.25, 0.3) is 10.6 Å². The number of hydrogen-bond acceptors (Lipinski definition) is 7. The third-order valence-electron chi connectivity index (χ3n) is 3.40. The smallest absolute Gasteiger partial charge is 0.350 e. The van der Waals surface area contributed by atoms with E-state index in [1.807, 2.05) is 30.3 Å². The number of nitrogens with zero attached hydrogens (tertiary/aromatic N) is 1. The molecule has 1 aromatic carbocycles. The summed E-state index contributed by atoms with van der Waals surface area (Å²) in [5.74, 6) is -1.92. The first-order valence-electron chi connectivity index (χ1n) is 7.87. The van der Waals surface area contributed by atoms with Gasteiger partial charge in [0, 0.05) is 5.56 Å². The Labute approximate surface area is 158 Å². The fourth-order valence-electron chi connectivity index (χ4n) is 2.12. The lowest BCUT2D eigenvalue weighted by atomic mass is 10.2. The fraction of sp³-hybridized carbons (Fsp3) is 0.111. The molecule has 0 radical (unpaired) electrons. The highest BCUT2D eigenvalue weighted by Crippen LogP contribution is 2.28. The van der Waals surface area contributed by atoms with Gasteiger partial charge in [-0.05, 0) is 19.1 Å². The summed E-state index contributed by atoms with van der Waals surface area (Å²) >= 11 is 1.19. The number of benzene rings is 1. The number of rotatable bonds is 5. The molecular formula is C18H15N3O5S. The Morgan fingerprint density at radius 2 is 1.89 bits per heavy atom. The van der Waals surface area contributed by atoms with E-state index in [2.05, 4.69) is 15.8 Å². The second-order valence-electron chi connectivity index (χ2n) is 5.36. The number of aryl methyl sites for hydroxylation is 1. The van der Waals surface area contributed by atoms with Crippen LogP contribution in [0.2, 0.25) is 0 Å². The molecule has 2 heterocycles. The highest BCUT2D eigenvalue weighted by molar-refractivity contribution is 7.17. The van der Waals surface area contributed by atoms with Crippen LogP contribution in [0.3, 0.4) is 0 Å². The van der Waals surface area contributed by atoms with E-state index >= 15 is 0 Å². The number of thiazole rings is 1. The molecule has 3 rings (SSSR count). The van der Waals surface area contributed by atoms with E-state index in [4.69, 9.17) is 9.15 Å². The molecule has 0 aliphatic carbocycles. The predicted molar refractivity (Wildman–Crippen MR) is 96.9 cm³/mol. The highest BCUT2D eigenvalue weighted by atomic mass is 32.1. The van der Waals surface area contributed by atoms with Crippen LogP contribution in [0.15, 0.2) is 53.1 Å². The predicted octanol–water partition coefficient (Wildman–Crippen LogP) is 2.33. The molecule has 2 N–H and O–H groups in total. The number of hydrogen-bond donors (Lipinski definition) is 2. The molecule has 8 nitrogen and oxygen atoms in total. The molecule has 2 amide bonds. The minimum Gasteiger partial charge on any atom is -0.459 e. The van der Waals surface area contributed by atoms with E-state index in [-0.39, 0.29) is 5.76 Å². The quantitative estimate of drug-likeness (QED) is 0.515. The van der Waals surface area contributed by atoms with Crippen LogP contribution >= 0.6 is 11.3 Å². The van der Waals surface area contributed by atoms with E-state index < -0.39 is 24.4 Å². The van der Waals surface area contributed by atoms with E-state index in [0.29, 0.717) is 15.6 Å². The van der Waals surface area contributed by atoms with Gasteiger partial charge in [-0.15, -0.1) is 11.3 Å². The van der Waals surface area contributed by atoms with Gasteiger partial charge in [-0.2, -0.15) is 0 Å². The van der Waals surface area contributed by atoms with Gasteiger partial charge < -0.3 is 9.15 Å². The lowest BCUT2D eigenvalue weighted by Gasteiger charge is -2.06. The molecule has 0 spiro atoms. The summed E-state index contributed by atoms with van der Waals surface area (Å²) < 4.78 is 9.87. The highest BCUT2D eigenvalue weighted by Gasteiger charge is 2.19. The Bertz CT molecular complexity index is 951. The van der Waals surface area contributed by atoms with Crippen LogP contribution in [-0.4, -0.2) is 29.4 Å². The molecule has 138 valence electrons. The maximum absolute atomic E-state index is 12.2. The van der Waals surface area contributed by atoms with E-state index in [1.54, 1.807) is 13.0 Å². The number of hydrazine groups is 1. The van der Waals surface area contributed by atoms with Gasteiger partial charge in [-0.3, -0.25) is 20.4 Å². The van der Waals surface area contributed by atoms with Crippen molar-refractivity contribution in [3.63, 3.8) is 0 Å². The SMILES string of the molecule is Cc1nc(-c2ccccc2)sc1C(=O)OCC(=O)NNC(=O)c1ccco1. The van der Waals surface area contributed by atoms with Crippen molar-refractivity contribution in [3.05, 3.63) is 65.1 Å². The van der Waals surface area contributed by atoms with Crippen LogP contribution in [-0.2, 0) is 9.53 Å². The van der Waals surface area contributed by atoms with Crippen molar-refractivity contribution in [2.75, 3.05) is 6.61 Å². The fourth-order valence-corrected chi connectivity index (χ4v) is 3.08. The summed E-state index contributed by atoms with van der Waals surface area (Å²) in [6.45, 7) is 1.15. The molecule has 0 unspecified atom stereocenters. The molecule has 9 heteroatoms. The van der Waals surface area contributed by atoms with Crippen LogP contribution in [0.5, 0.6) is 0 Å². The number of ether oxygens (including phenoxy) is 1. The van der Waals surface area contributed by atoms with Gasteiger partial charge in [0.2, 0.25) is 0 Å². The van der Waals surface area contributed by atoms with Crippen molar-refractivity contribution in [1.29, 1.82) is 0 Å². The van der Waals surface area contributed by atoms with Gasteiger partial charge >= 0.3 is 11.9 Å². The number of amides is 2. The molecular weight excluding hydrogens is 370 g/mol. The summed E-state index contributed by atoms with van der Waals surface area (Å²) in [5.41, 5.74) is 5.70. The van der Waals surface area contributed by atoms with Gasteiger partial charge in [0.1, 0.15) is 9.88 Å².